The molecule has 0 fully saturated rings. The molecule has 0 aliphatic carbocycles. The molecule has 0 aliphatic heterocycles. The number of alkyl halides is 2. The molecule has 0 spiro atoms. The third kappa shape index (κ3) is 8.01. The van der Waals surface area contributed by atoms with Crippen molar-refractivity contribution in [2.75, 3.05) is 27.3 Å². The van der Waals surface area contributed by atoms with Gasteiger partial charge >= 0.3 is 6.61 Å². The van der Waals surface area contributed by atoms with Gasteiger partial charge in [-0.25, -0.2) is 0 Å². The molecule has 2 rings (SSSR count). The van der Waals surface area contributed by atoms with Crippen molar-refractivity contribution < 1.29 is 23.4 Å². The highest BCUT2D eigenvalue weighted by molar-refractivity contribution is 14.0. The number of rotatable bonds is 9. The van der Waals surface area contributed by atoms with E-state index in [1.807, 2.05) is 30.3 Å². The predicted octanol–water partition coefficient (Wildman–Crippen LogP) is 3.36. The van der Waals surface area contributed by atoms with Gasteiger partial charge in [0.2, 0.25) is 0 Å². The minimum Gasteiger partial charge on any atom is -0.497 e. The second-order valence-corrected chi connectivity index (χ2v) is 5.95. The van der Waals surface area contributed by atoms with E-state index in [2.05, 4.69) is 20.4 Å². The molecular weight excluding hydrogens is 495 g/mol. The maximum Gasteiger partial charge on any atom is 0.387 e. The van der Waals surface area contributed by atoms with Gasteiger partial charge in [-0.2, -0.15) is 8.78 Å². The Kier molecular flexibility index (Phi) is 11.3. The number of aliphatic hydroxyl groups is 1. The summed E-state index contributed by atoms with van der Waals surface area (Å²) in [5.74, 6) is 0.844. The molecule has 9 heteroatoms. The second-order valence-electron chi connectivity index (χ2n) is 5.95. The van der Waals surface area contributed by atoms with Crippen molar-refractivity contribution in [2.45, 2.75) is 19.1 Å². The van der Waals surface area contributed by atoms with E-state index in [9.17, 15) is 13.9 Å². The average molecular weight is 521 g/mol. The van der Waals surface area contributed by atoms with Gasteiger partial charge in [-0.1, -0.05) is 30.3 Å². The van der Waals surface area contributed by atoms with Crippen LogP contribution < -0.4 is 20.1 Å². The molecule has 0 bridgehead atoms. The first-order valence-electron chi connectivity index (χ1n) is 8.79. The number of methoxy groups -OCH3 is 1. The first kappa shape index (κ1) is 24.9. The quantitative estimate of drug-likeness (QED) is 0.268. The Morgan fingerprint density at radius 3 is 2.45 bits per heavy atom. The van der Waals surface area contributed by atoms with Crippen molar-refractivity contribution in [1.82, 2.24) is 10.6 Å². The van der Waals surface area contributed by atoms with Crippen molar-refractivity contribution in [3.8, 4) is 11.5 Å². The molecule has 2 aromatic carbocycles. The smallest absolute Gasteiger partial charge is 0.387 e. The second kappa shape index (κ2) is 13.2. The number of ether oxygens (including phenoxy) is 2. The number of aliphatic hydroxyl groups excluding tert-OH is 1. The summed E-state index contributed by atoms with van der Waals surface area (Å²) in [5.41, 5.74) is 1.54. The lowest BCUT2D eigenvalue weighted by molar-refractivity contribution is -0.0505. The summed E-state index contributed by atoms with van der Waals surface area (Å²) in [6.45, 7) is -2.26. The Labute approximate surface area is 186 Å². The van der Waals surface area contributed by atoms with Crippen LogP contribution in [0.3, 0.4) is 0 Å². The molecule has 0 saturated carbocycles. The highest BCUT2D eigenvalue weighted by Gasteiger charge is 2.13. The molecule has 0 saturated heterocycles. The van der Waals surface area contributed by atoms with E-state index in [1.165, 1.54) is 13.2 Å². The van der Waals surface area contributed by atoms with Crippen molar-refractivity contribution in [1.29, 1.82) is 0 Å². The van der Waals surface area contributed by atoms with Crippen LogP contribution in [0.25, 0.3) is 0 Å². The largest absolute Gasteiger partial charge is 0.497 e. The topological polar surface area (TPSA) is 75.1 Å². The summed E-state index contributed by atoms with van der Waals surface area (Å²) in [4.78, 5) is 4.13. The Hall–Kier alpha value is -2.14. The Balaban J connectivity index is 0.00000420. The van der Waals surface area contributed by atoms with Crippen molar-refractivity contribution in [3.63, 3.8) is 0 Å². The predicted molar refractivity (Wildman–Crippen MR) is 120 cm³/mol. The first-order valence-corrected chi connectivity index (χ1v) is 8.79. The number of nitrogens with one attached hydrogen (secondary N) is 2. The lowest BCUT2D eigenvalue weighted by Crippen LogP contribution is -2.39. The third-order valence-corrected chi connectivity index (χ3v) is 4.17. The van der Waals surface area contributed by atoms with Crippen LogP contribution in [0.2, 0.25) is 0 Å². The molecule has 160 valence electrons. The molecule has 2 aromatic rings. The number of nitrogens with zero attached hydrogens (tertiary/aromatic N) is 1. The molecule has 0 heterocycles. The van der Waals surface area contributed by atoms with E-state index >= 15 is 0 Å². The summed E-state index contributed by atoms with van der Waals surface area (Å²) >= 11 is 0. The Morgan fingerprint density at radius 2 is 1.86 bits per heavy atom. The number of hydrogen-bond donors (Lipinski definition) is 3. The van der Waals surface area contributed by atoms with Gasteiger partial charge in [0.15, 0.2) is 5.96 Å². The monoisotopic (exact) mass is 521 g/mol. The van der Waals surface area contributed by atoms with E-state index in [0.717, 1.165) is 5.56 Å². The molecule has 29 heavy (non-hydrogen) atoms. The number of halogens is 3. The number of guanidine groups is 1. The summed E-state index contributed by atoms with van der Waals surface area (Å²) in [6, 6.07) is 14.4. The standard InChI is InChI=1S/C20H25F2N3O3.HI/c1-23-20(25-12-16(13-26)14-6-4-3-5-7-14)24-11-15-8-9-17(27-2)10-18(15)28-19(21)22;/h3-10,16,19,26H,11-13H2,1-2H3,(H2,23,24,25);1H. The van der Waals surface area contributed by atoms with Gasteiger partial charge < -0.3 is 25.2 Å². The van der Waals surface area contributed by atoms with Crippen molar-refractivity contribution >= 4 is 29.9 Å². The van der Waals surface area contributed by atoms with Crippen LogP contribution in [0.5, 0.6) is 11.5 Å². The van der Waals surface area contributed by atoms with Gasteiger partial charge in [-0.05, 0) is 17.7 Å². The van der Waals surface area contributed by atoms with E-state index in [1.54, 1.807) is 19.2 Å². The minimum absolute atomic E-state index is 0. The van der Waals surface area contributed by atoms with Crippen LogP contribution in [0.15, 0.2) is 53.5 Å². The van der Waals surface area contributed by atoms with Gasteiger partial charge in [0.25, 0.3) is 0 Å². The zero-order valence-corrected chi connectivity index (χ0v) is 18.6. The zero-order chi connectivity index (χ0) is 20.4. The van der Waals surface area contributed by atoms with Crippen LogP contribution in [-0.2, 0) is 6.54 Å². The Bertz CT molecular complexity index is 764. The summed E-state index contributed by atoms with van der Waals surface area (Å²) < 4.78 is 35.0. The van der Waals surface area contributed by atoms with Gasteiger partial charge in [-0.3, -0.25) is 4.99 Å². The summed E-state index contributed by atoms with van der Waals surface area (Å²) in [7, 11) is 3.06. The molecule has 0 amide bonds. The molecule has 3 N–H and O–H groups in total. The molecular formula is C20H26F2IN3O3. The highest BCUT2D eigenvalue weighted by atomic mass is 127. The van der Waals surface area contributed by atoms with E-state index < -0.39 is 6.61 Å². The molecule has 0 radical (unpaired) electrons. The number of hydrogen-bond acceptors (Lipinski definition) is 4. The van der Waals surface area contributed by atoms with Crippen LogP contribution in [-0.4, -0.2) is 45.0 Å². The van der Waals surface area contributed by atoms with E-state index in [4.69, 9.17) is 4.74 Å². The number of aliphatic imine (C=N–C) groups is 1. The normalized spacial score (nSPS) is 12.1. The SMILES string of the molecule is CN=C(NCc1ccc(OC)cc1OC(F)F)NCC(CO)c1ccccc1.I. The fraction of sp³-hybridized carbons (Fsp3) is 0.350. The van der Waals surface area contributed by atoms with Crippen LogP contribution in [0, 0.1) is 0 Å². The molecule has 1 atom stereocenters. The average Bonchev–Trinajstić information content (AvgIpc) is 2.71. The van der Waals surface area contributed by atoms with E-state index in [-0.39, 0.29) is 48.8 Å². The molecule has 1 unspecified atom stereocenters. The van der Waals surface area contributed by atoms with Crippen molar-refractivity contribution in [2.24, 2.45) is 4.99 Å². The van der Waals surface area contributed by atoms with Gasteiger partial charge in [0.1, 0.15) is 11.5 Å². The van der Waals surface area contributed by atoms with Crippen molar-refractivity contribution in [3.05, 3.63) is 59.7 Å². The Morgan fingerprint density at radius 1 is 1.14 bits per heavy atom. The molecule has 6 nitrogen and oxygen atoms in total. The van der Waals surface area contributed by atoms with Crippen LogP contribution in [0.1, 0.15) is 17.0 Å². The fourth-order valence-corrected chi connectivity index (χ4v) is 2.65. The highest BCUT2D eigenvalue weighted by Crippen LogP contribution is 2.26. The van der Waals surface area contributed by atoms with Crippen LogP contribution >= 0.6 is 24.0 Å². The van der Waals surface area contributed by atoms with Gasteiger partial charge in [0, 0.05) is 37.7 Å². The minimum atomic E-state index is -2.93. The molecule has 0 aliphatic rings. The lowest BCUT2D eigenvalue weighted by Gasteiger charge is -2.19. The third-order valence-electron chi connectivity index (χ3n) is 4.17. The maximum absolute atomic E-state index is 12.7. The first-order chi connectivity index (χ1) is 13.6. The zero-order valence-electron chi connectivity index (χ0n) is 16.3. The van der Waals surface area contributed by atoms with Gasteiger partial charge in [0.05, 0.1) is 13.7 Å². The van der Waals surface area contributed by atoms with Crippen LogP contribution in [0.4, 0.5) is 8.78 Å². The lowest BCUT2D eigenvalue weighted by atomic mass is 10.0. The maximum atomic E-state index is 12.7. The summed E-state index contributed by atoms with van der Waals surface area (Å²) in [5, 5.41) is 15.8. The summed E-state index contributed by atoms with van der Waals surface area (Å²) in [6.07, 6.45) is 0. The number of benzene rings is 2. The van der Waals surface area contributed by atoms with E-state index in [0.29, 0.717) is 23.8 Å². The van der Waals surface area contributed by atoms with Gasteiger partial charge in [-0.15, -0.1) is 24.0 Å². The molecule has 0 aromatic heterocycles. The fourth-order valence-electron chi connectivity index (χ4n) is 2.65.